The van der Waals surface area contributed by atoms with Gasteiger partial charge in [0.15, 0.2) is 11.4 Å². The van der Waals surface area contributed by atoms with Crippen LogP contribution in [0, 0.1) is 5.92 Å². The van der Waals surface area contributed by atoms with Crippen LogP contribution in [0.4, 0.5) is 0 Å². The molecular weight excluding hydrogens is 428 g/mol. The van der Waals surface area contributed by atoms with Crippen LogP contribution in [0.25, 0.3) is 0 Å². The number of methoxy groups -OCH3 is 1. The predicted molar refractivity (Wildman–Crippen MR) is 120 cm³/mol. The maximum atomic E-state index is 12.8. The molecule has 2 rings (SSSR count). The first-order valence-corrected chi connectivity index (χ1v) is 10.6. The molecule has 1 N–H and O–H groups in total. The molecule has 1 aromatic carbocycles. The van der Waals surface area contributed by atoms with Gasteiger partial charge in [0, 0.05) is 19.2 Å². The van der Waals surface area contributed by atoms with Crippen molar-refractivity contribution in [1.29, 1.82) is 0 Å². The third-order valence-electron chi connectivity index (χ3n) is 4.69. The summed E-state index contributed by atoms with van der Waals surface area (Å²) in [6.07, 6.45) is 0.361. The minimum absolute atomic E-state index is 0.0359. The van der Waals surface area contributed by atoms with E-state index in [0.717, 1.165) is 0 Å². The molecule has 0 aliphatic rings. The van der Waals surface area contributed by atoms with Crippen LogP contribution in [0.1, 0.15) is 45.1 Å². The first-order chi connectivity index (χ1) is 15.6. The first kappa shape index (κ1) is 25.6. The molecule has 1 unspecified atom stereocenters. The van der Waals surface area contributed by atoms with Crippen LogP contribution in [0.5, 0.6) is 17.2 Å². The molecule has 0 saturated carbocycles. The molecule has 178 valence electrons. The number of carbonyl (C=O) groups excluding carboxylic acids is 3. The molecule has 1 aromatic heterocycles. The van der Waals surface area contributed by atoms with E-state index in [2.05, 4.69) is 10.3 Å². The molecule has 0 bridgehead atoms. The number of hydrogen-bond donors (Lipinski definition) is 1. The summed E-state index contributed by atoms with van der Waals surface area (Å²) in [5, 5.41) is 2.53. The standard InChI is InChI=1S/C24H30N2O7/c1-14(2)21(16(4)31-18-10-8-7-9-11-18)33-24(29)15(3)26-23(28)20-22(32-17(5)27)19(30-6)12-13-25-20/h7-16,21H,1-6H3,(H,26,28)/t15-,16+,21?/m0/s1. The molecule has 9 nitrogen and oxygen atoms in total. The van der Waals surface area contributed by atoms with Crippen molar-refractivity contribution in [3.05, 3.63) is 48.3 Å². The van der Waals surface area contributed by atoms with E-state index in [9.17, 15) is 14.4 Å². The molecule has 2 aromatic rings. The van der Waals surface area contributed by atoms with Crippen molar-refractivity contribution in [2.24, 2.45) is 5.92 Å². The van der Waals surface area contributed by atoms with Crippen molar-refractivity contribution < 1.29 is 33.3 Å². The Hall–Kier alpha value is -3.62. The summed E-state index contributed by atoms with van der Waals surface area (Å²) >= 11 is 0. The van der Waals surface area contributed by atoms with Gasteiger partial charge >= 0.3 is 11.9 Å². The van der Waals surface area contributed by atoms with Gasteiger partial charge in [0.1, 0.15) is 24.0 Å². The smallest absolute Gasteiger partial charge is 0.328 e. The summed E-state index contributed by atoms with van der Waals surface area (Å²) in [5.74, 6) is -1.34. The van der Waals surface area contributed by atoms with Crippen LogP contribution in [-0.2, 0) is 14.3 Å². The molecule has 0 spiro atoms. The van der Waals surface area contributed by atoms with Crippen LogP contribution in [0.15, 0.2) is 42.6 Å². The van der Waals surface area contributed by atoms with Crippen molar-refractivity contribution in [3.8, 4) is 17.2 Å². The highest BCUT2D eigenvalue weighted by Gasteiger charge is 2.30. The van der Waals surface area contributed by atoms with Gasteiger partial charge in [-0.25, -0.2) is 9.78 Å². The number of carbonyl (C=O) groups is 3. The van der Waals surface area contributed by atoms with Gasteiger partial charge in [-0.3, -0.25) is 9.59 Å². The van der Waals surface area contributed by atoms with Crippen LogP contribution < -0.4 is 19.5 Å². The minimum Gasteiger partial charge on any atom is -0.493 e. The number of benzene rings is 1. The molecule has 0 fully saturated rings. The van der Waals surface area contributed by atoms with Crippen molar-refractivity contribution in [2.45, 2.75) is 52.9 Å². The van der Waals surface area contributed by atoms with Crippen LogP contribution in [-0.4, -0.2) is 48.2 Å². The highest BCUT2D eigenvalue weighted by atomic mass is 16.6. The lowest BCUT2D eigenvalue weighted by atomic mass is 10.0. The summed E-state index contributed by atoms with van der Waals surface area (Å²) in [6, 6.07) is 9.68. The maximum absolute atomic E-state index is 12.8. The van der Waals surface area contributed by atoms with Gasteiger partial charge in [0.05, 0.1) is 7.11 Å². The quantitative estimate of drug-likeness (QED) is 0.540. The number of hydrogen-bond acceptors (Lipinski definition) is 8. The normalized spacial score (nSPS) is 13.4. The van der Waals surface area contributed by atoms with E-state index >= 15 is 0 Å². The lowest BCUT2D eigenvalue weighted by Crippen LogP contribution is -2.45. The van der Waals surface area contributed by atoms with Crippen LogP contribution in [0.3, 0.4) is 0 Å². The Morgan fingerprint density at radius 1 is 1.00 bits per heavy atom. The molecule has 0 radical (unpaired) electrons. The third-order valence-corrected chi connectivity index (χ3v) is 4.69. The molecule has 33 heavy (non-hydrogen) atoms. The summed E-state index contributed by atoms with van der Waals surface area (Å²) < 4.78 is 21.8. The second-order valence-electron chi connectivity index (χ2n) is 7.76. The largest absolute Gasteiger partial charge is 0.493 e. The molecule has 0 aliphatic carbocycles. The fraction of sp³-hybridized carbons (Fsp3) is 0.417. The number of pyridine rings is 1. The predicted octanol–water partition coefficient (Wildman–Crippen LogP) is 3.17. The molecule has 0 aliphatic heterocycles. The van der Waals surface area contributed by atoms with Gasteiger partial charge < -0.3 is 24.3 Å². The van der Waals surface area contributed by atoms with Gasteiger partial charge in [-0.1, -0.05) is 32.0 Å². The van der Waals surface area contributed by atoms with E-state index in [-0.39, 0.29) is 23.1 Å². The van der Waals surface area contributed by atoms with Crippen molar-refractivity contribution in [3.63, 3.8) is 0 Å². The molecule has 3 atom stereocenters. The summed E-state index contributed by atoms with van der Waals surface area (Å²) in [6.45, 7) is 8.33. The van der Waals surface area contributed by atoms with Gasteiger partial charge in [-0.2, -0.15) is 0 Å². The van der Waals surface area contributed by atoms with E-state index < -0.39 is 36.1 Å². The van der Waals surface area contributed by atoms with E-state index in [1.165, 1.54) is 33.2 Å². The van der Waals surface area contributed by atoms with Gasteiger partial charge in [0.25, 0.3) is 5.91 Å². The number of nitrogens with one attached hydrogen (secondary N) is 1. The average Bonchev–Trinajstić information content (AvgIpc) is 2.77. The van der Waals surface area contributed by atoms with Crippen molar-refractivity contribution in [1.82, 2.24) is 10.3 Å². The van der Waals surface area contributed by atoms with Gasteiger partial charge in [-0.15, -0.1) is 0 Å². The number of aromatic nitrogens is 1. The Kier molecular flexibility index (Phi) is 9.20. The van der Waals surface area contributed by atoms with Crippen LogP contribution in [0.2, 0.25) is 0 Å². The number of esters is 2. The van der Waals surface area contributed by atoms with Gasteiger partial charge in [-0.05, 0) is 31.9 Å². The van der Waals surface area contributed by atoms with Crippen LogP contribution >= 0.6 is 0 Å². The minimum atomic E-state index is -0.999. The Labute approximate surface area is 193 Å². The fourth-order valence-electron chi connectivity index (χ4n) is 3.11. The zero-order valence-electron chi connectivity index (χ0n) is 19.7. The molecule has 0 saturated heterocycles. The second-order valence-corrected chi connectivity index (χ2v) is 7.76. The van der Waals surface area contributed by atoms with Gasteiger partial charge in [0.2, 0.25) is 5.75 Å². The summed E-state index contributed by atoms with van der Waals surface area (Å²) in [4.78, 5) is 40.9. The number of rotatable bonds is 10. The number of amides is 1. The lowest BCUT2D eigenvalue weighted by Gasteiger charge is -2.29. The molecular formula is C24H30N2O7. The Balaban J connectivity index is 2.09. The maximum Gasteiger partial charge on any atom is 0.328 e. The fourth-order valence-corrected chi connectivity index (χ4v) is 3.11. The van der Waals surface area contributed by atoms with E-state index in [1.807, 2.05) is 51.1 Å². The monoisotopic (exact) mass is 458 g/mol. The molecule has 1 heterocycles. The Morgan fingerprint density at radius 2 is 1.67 bits per heavy atom. The van der Waals surface area contributed by atoms with E-state index in [0.29, 0.717) is 5.75 Å². The first-order valence-electron chi connectivity index (χ1n) is 10.6. The molecule has 1 amide bonds. The Bertz CT molecular complexity index is 963. The van der Waals surface area contributed by atoms with Crippen molar-refractivity contribution >= 4 is 17.8 Å². The third kappa shape index (κ3) is 7.20. The average molecular weight is 459 g/mol. The number of para-hydroxylation sites is 1. The van der Waals surface area contributed by atoms with E-state index in [4.69, 9.17) is 18.9 Å². The summed E-state index contributed by atoms with van der Waals surface area (Å²) in [7, 11) is 1.37. The Morgan fingerprint density at radius 3 is 2.24 bits per heavy atom. The highest BCUT2D eigenvalue weighted by molar-refractivity contribution is 5.98. The zero-order valence-corrected chi connectivity index (χ0v) is 19.7. The van der Waals surface area contributed by atoms with E-state index in [1.54, 1.807) is 0 Å². The lowest BCUT2D eigenvalue weighted by molar-refractivity contribution is -0.158. The number of nitrogens with zero attached hydrogens (tertiary/aromatic N) is 1. The highest BCUT2D eigenvalue weighted by Crippen LogP contribution is 2.29. The second kappa shape index (κ2) is 11.8. The molecule has 9 heteroatoms. The SMILES string of the molecule is COc1ccnc(C(=O)N[C@@H](C)C(=O)OC(C(C)C)[C@@H](C)Oc2ccccc2)c1OC(C)=O. The summed E-state index contributed by atoms with van der Waals surface area (Å²) in [5.41, 5.74) is -0.189. The number of ether oxygens (including phenoxy) is 4. The zero-order chi connectivity index (χ0) is 24.5. The van der Waals surface area contributed by atoms with Crippen molar-refractivity contribution in [2.75, 3.05) is 7.11 Å². The topological polar surface area (TPSA) is 113 Å².